The lowest BCUT2D eigenvalue weighted by atomic mass is 9.89. The van der Waals surface area contributed by atoms with Gasteiger partial charge in [-0.2, -0.15) is 0 Å². The monoisotopic (exact) mass is 383 g/mol. The number of carbonyl (C=O) groups excluding carboxylic acids is 1. The first-order valence-corrected chi connectivity index (χ1v) is 10.8. The van der Waals surface area contributed by atoms with Crippen LogP contribution in [-0.2, 0) is 4.79 Å². The zero-order valence-corrected chi connectivity index (χ0v) is 17.4. The van der Waals surface area contributed by atoms with Gasteiger partial charge in [-0.25, -0.2) is 0 Å². The molecule has 2 unspecified atom stereocenters. The van der Waals surface area contributed by atoms with Crippen molar-refractivity contribution in [2.24, 2.45) is 0 Å². The van der Waals surface area contributed by atoms with Gasteiger partial charge in [0.15, 0.2) is 0 Å². The molecule has 5 nitrogen and oxygen atoms in total. The van der Waals surface area contributed by atoms with Gasteiger partial charge in [0.2, 0.25) is 5.91 Å². The number of nitrogens with one attached hydrogen (secondary N) is 1. The third-order valence-corrected chi connectivity index (χ3v) is 6.79. The molecule has 2 aromatic rings. The second-order valence-electron chi connectivity index (χ2n) is 8.64. The lowest BCUT2D eigenvalue weighted by molar-refractivity contribution is -0.138. The molecule has 0 saturated carbocycles. The molecule has 152 valence electrons. The Balaban J connectivity index is 1.38. The molecule has 0 bridgehead atoms. The fraction of sp³-hybridized carbons (Fsp3) is 0.609. The summed E-state index contributed by atoms with van der Waals surface area (Å²) in [6.07, 6.45) is 7.88. The number of ether oxygens (including phenoxy) is 1. The fourth-order valence-electron chi connectivity index (χ4n) is 5.17. The minimum atomic E-state index is 0.315. The van der Waals surface area contributed by atoms with E-state index in [1.54, 1.807) is 7.11 Å². The summed E-state index contributed by atoms with van der Waals surface area (Å²) in [6.45, 7) is 6.95. The third-order valence-electron chi connectivity index (χ3n) is 6.79. The summed E-state index contributed by atoms with van der Waals surface area (Å²) in [6, 6.07) is 6.99. The van der Waals surface area contributed by atoms with Crippen molar-refractivity contribution in [1.29, 1.82) is 0 Å². The Labute approximate surface area is 168 Å². The number of aromatic amines is 1. The first-order valence-electron chi connectivity index (χ1n) is 10.8. The van der Waals surface area contributed by atoms with E-state index in [1.807, 2.05) is 6.07 Å². The van der Waals surface area contributed by atoms with Crippen LogP contribution in [0.25, 0.3) is 10.9 Å². The van der Waals surface area contributed by atoms with Gasteiger partial charge >= 0.3 is 0 Å². The number of amides is 1. The number of carbonyl (C=O) groups is 1. The van der Waals surface area contributed by atoms with Crippen LogP contribution < -0.4 is 4.74 Å². The highest BCUT2D eigenvalue weighted by molar-refractivity contribution is 5.85. The van der Waals surface area contributed by atoms with Crippen LogP contribution in [0.2, 0.25) is 0 Å². The second kappa shape index (κ2) is 8.16. The van der Waals surface area contributed by atoms with Crippen LogP contribution in [0.1, 0.15) is 57.4 Å². The summed E-state index contributed by atoms with van der Waals surface area (Å²) in [5, 5.41) is 1.27. The van der Waals surface area contributed by atoms with Gasteiger partial charge in [0.25, 0.3) is 0 Å². The molecule has 28 heavy (non-hydrogen) atoms. The summed E-state index contributed by atoms with van der Waals surface area (Å²) in [4.78, 5) is 20.8. The Morgan fingerprint density at radius 2 is 1.86 bits per heavy atom. The van der Waals surface area contributed by atoms with E-state index in [4.69, 9.17) is 4.74 Å². The number of rotatable bonds is 4. The van der Waals surface area contributed by atoms with Crippen molar-refractivity contribution >= 4 is 16.8 Å². The maximum Gasteiger partial charge on any atom is 0.237 e. The molecule has 1 aromatic carbocycles. The van der Waals surface area contributed by atoms with Crippen LogP contribution in [-0.4, -0.2) is 59.5 Å². The number of likely N-dealkylation sites (tertiary alicyclic amines) is 2. The zero-order chi connectivity index (χ0) is 19.7. The highest BCUT2D eigenvalue weighted by Gasteiger charge is 2.31. The predicted octanol–water partition coefficient (Wildman–Crippen LogP) is 4.15. The lowest BCUT2D eigenvalue weighted by Crippen LogP contribution is -2.51. The molecule has 2 atom stereocenters. The number of nitrogens with zero attached hydrogens (tertiary/aromatic N) is 2. The van der Waals surface area contributed by atoms with Crippen molar-refractivity contribution in [2.45, 2.75) is 64.0 Å². The van der Waals surface area contributed by atoms with Gasteiger partial charge in [-0.3, -0.25) is 9.69 Å². The highest BCUT2D eigenvalue weighted by atomic mass is 16.5. The number of H-pyrrole nitrogens is 1. The molecule has 1 N–H and O–H groups in total. The molecule has 4 rings (SSSR count). The van der Waals surface area contributed by atoms with Crippen LogP contribution in [0.3, 0.4) is 0 Å². The van der Waals surface area contributed by atoms with E-state index >= 15 is 0 Å². The molecule has 2 aliphatic heterocycles. The normalized spacial score (nSPS) is 24.6. The maximum atomic E-state index is 12.9. The Morgan fingerprint density at radius 1 is 1.14 bits per heavy atom. The van der Waals surface area contributed by atoms with Crippen LogP contribution in [0.15, 0.2) is 24.4 Å². The Morgan fingerprint density at radius 3 is 2.54 bits per heavy atom. The average Bonchev–Trinajstić information content (AvgIpc) is 3.11. The Hall–Kier alpha value is -2.01. The second-order valence-corrected chi connectivity index (χ2v) is 8.64. The van der Waals surface area contributed by atoms with Gasteiger partial charge in [-0.1, -0.05) is 0 Å². The van der Waals surface area contributed by atoms with Crippen molar-refractivity contribution in [1.82, 2.24) is 14.8 Å². The SMILES string of the molecule is COc1ccc2[nH]cc(C3CCN(CC(=O)N4C(C)CCCC4C)CC3)c2c1. The van der Waals surface area contributed by atoms with Crippen molar-refractivity contribution in [3.8, 4) is 5.75 Å². The topological polar surface area (TPSA) is 48.6 Å². The molecule has 3 heterocycles. The van der Waals surface area contributed by atoms with Crippen LogP contribution in [0.5, 0.6) is 5.75 Å². The van der Waals surface area contributed by atoms with E-state index in [9.17, 15) is 4.79 Å². The van der Waals surface area contributed by atoms with Crippen molar-refractivity contribution in [3.63, 3.8) is 0 Å². The van der Waals surface area contributed by atoms with E-state index in [0.29, 0.717) is 30.5 Å². The third kappa shape index (κ3) is 3.77. The van der Waals surface area contributed by atoms with E-state index in [1.165, 1.54) is 22.9 Å². The standard InChI is InChI=1S/C23H33N3O2/c1-16-5-4-6-17(2)26(16)23(27)15-25-11-9-18(10-12-25)21-14-24-22-8-7-19(28-3)13-20(21)22/h7-8,13-14,16-18,24H,4-6,9-12,15H2,1-3H3. The van der Waals surface area contributed by atoms with E-state index in [0.717, 1.165) is 44.5 Å². The largest absolute Gasteiger partial charge is 0.497 e. The van der Waals surface area contributed by atoms with Crippen molar-refractivity contribution in [3.05, 3.63) is 30.0 Å². The van der Waals surface area contributed by atoms with Crippen LogP contribution in [0, 0.1) is 0 Å². The summed E-state index contributed by atoms with van der Waals surface area (Å²) >= 11 is 0. The average molecular weight is 384 g/mol. The summed E-state index contributed by atoms with van der Waals surface area (Å²) in [5.74, 6) is 1.76. The molecular formula is C23H33N3O2. The van der Waals surface area contributed by atoms with Gasteiger partial charge in [-0.15, -0.1) is 0 Å². The minimum Gasteiger partial charge on any atom is -0.497 e. The molecular weight excluding hydrogens is 350 g/mol. The smallest absolute Gasteiger partial charge is 0.237 e. The van der Waals surface area contributed by atoms with Gasteiger partial charge < -0.3 is 14.6 Å². The molecule has 0 spiro atoms. The summed E-state index contributed by atoms with van der Waals surface area (Å²) in [7, 11) is 1.72. The highest BCUT2D eigenvalue weighted by Crippen LogP contribution is 2.34. The lowest BCUT2D eigenvalue weighted by Gasteiger charge is -2.41. The van der Waals surface area contributed by atoms with E-state index in [-0.39, 0.29) is 0 Å². The molecule has 0 aliphatic carbocycles. The molecule has 1 aromatic heterocycles. The number of aromatic nitrogens is 1. The number of hydrogen-bond acceptors (Lipinski definition) is 3. The molecule has 2 fully saturated rings. The summed E-state index contributed by atoms with van der Waals surface area (Å²) in [5.41, 5.74) is 2.56. The number of piperidine rings is 2. The molecule has 5 heteroatoms. The predicted molar refractivity (Wildman–Crippen MR) is 113 cm³/mol. The number of benzene rings is 1. The first kappa shape index (κ1) is 19.3. The zero-order valence-electron chi connectivity index (χ0n) is 17.4. The fourth-order valence-corrected chi connectivity index (χ4v) is 5.17. The van der Waals surface area contributed by atoms with Gasteiger partial charge in [0.05, 0.1) is 13.7 Å². The molecule has 2 saturated heterocycles. The minimum absolute atomic E-state index is 0.315. The molecule has 1 amide bonds. The maximum absolute atomic E-state index is 12.9. The molecule has 0 radical (unpaired) electrons. The van der Waals surface area contributed by atoms with Crippen LogP contribution >= 0.6 is 0 Å². The van der Waals surface area contributed by atoms with Gasteiger partial charge in [-0.05, 0) is 88.7 Å². The number of fused-ring (bicyclic) bond motifs is 1. The number of methoxy groups -OCH3 is 1. The van der Waals surface area contributed by atoms with E-state index < -0.39 is 0 Å². The summed E-state index contributed by atoms with van der Waals surface area (Å²) < 4.78 is 5.41. The first-order chi connectivity index (χ1) is 13.6. The van der Waals surface area contributed by atoms with Crippen LogP contribution in [0.4, 0.5) is 0 Å². The van der Waals surface area contributed by atoms with Crippen molar-refractivity contribution in [2.75, 3.05) is 26.7 Å². The van der Waals surface area contributed by atoms with Gasteiger partial charge in [0.1, 0.15) is 5.75 Å². The molecule has 2 aliphatic rings. The Bertz CT molecular complexity index is 812. The van der Waals surface area contributed by atoms with Crippen molar-refractivity contribution < 1.29 is 9.53 Å². The van der Waals surface area contributed by atoms with E-state index in [2.05, 4.69) is 47.0 Å². The Kier molecular flexibility index (Phi) is 5.63. The number of hydrogen-bond donors (Lipinski definition) is 1. The van der Waals surface area contributed by atoms with Gasteiger partial charge in [0, 0.05) is 29.2 Å². The quantitative estimate of drug-likeness (QED) is 0.863.